The average molecular weight is 337 g/mol. The third-order valence-corrected chi connectivity index (χ3v) is 5.11. The van der Waals surface area contributed by atoms with Gasteiger partial charge in [-0.15, -0.1) is 0 Å². The summed E-state index contributed by atoms with van der Waals surface area (Å²) < 4.78 is 30.1. The summed E-state index contributed by atoms with van der Waals surface area (Å²) in [5.41, 5.74) is 0.315. The number of aliphatic hydroxyl groups is 1. The van der Waals surface area contributed by atoms with Gasteiger partial charge in [0.15, 0.2) is 15.6 Å². The van der Waals surface area contributed by atoms with Crippen molar-refractivity contribution < 1.29 is 22.7 Å². The van der Waals surface area contributed by atoms with Gasteiger partial charge in [0.1, 0.15) is 0 Å². The highest BCUT2D eigenvalue weighted by Crippen LogP contribution is 2.21. The van der Waals surface area contributed by atoms with Gasteiger partial charge in [-0.25, -0.2) is 8.42 Å². The summed E-state index contributed by atoms with van der Waals surface area (Å²) in [4.78, 5) is 14.0. The van der Waals surface area contributed by atoms with Crippen molar-refractivity contribution >= 4 is 15.7 Å². The molecule has 1 aromatic carbocycles. The number of sulfone groups is 1. The zero-order valence-electron chi connectivity index (χ0n) is 12.8. The first-order chi connectivity index (χ1) is 11.0. The quantitative estimate of drug-likeness (QED) is 0.831. The van der Waals surface area contributed by atoms with Gasteiger partial charge < -0.3 is 14.4 Å². The Bertz CT molecular complexity index is 752. The lowest BCUT2D eigenvalue weighted by atomic mass is 10.2. The highest BCUT2D eigenvalue weighted by molar-refractivity contribution is 7.90. The third-order valence-electron chi connectivity index (χ3n) is 3.43. The molecule has 0 bridgehead atoms. The number of furan rings is 1. The van der Waals surface area contributed by atoms with Gasteiger partial charge in [0, 0.05) is 18.7 Å². The lowest BCUT2D eigenvalue weighted by molar-refractivity contribution is 0.0699. The molecule has 1 N–H and O–H groups in total. The molecule has 0 unspecified atom stereocenters. The Morgan fingerprint density at radius 1 is 1.22 bits per heavy atom. The van der Waals surface area contributed by atoms with Crippen molar-refractivity contribution in [3.8, 4) is 0 Å². The average Bonchev–Trinajstić information content (AvgIpc) is 3.00. The van der Waals surface area contributed by atoms with Crippen LogP contribution in [0.3, 0.4) is 0 Å². The molecule has 0 aliphatic carbocycles. The fourth-order valence-corrected chi connectivity index (χ4v) is 3.60. The highest BCUT2D eigenvalue weighted by atomic mass is 32.2. The van der Waals surface area contributed by atoms with Crippen LogP contribution in [-0.4, -0.2) is 44.0 Å². The molecular formula is C16H19NO5S. The Kier molecular flexibility index (Phi) is 5.57. The number of likely N-dealkylation sites (N-methyl/N-ethyl adjacent to an activating group) is 1. The van der Waals surface area contributed by atoms with E-state index in [0.717, 1.165) is 0 Å². The van der Waals surface area contributed by atoms with E-state index in [0.29, 0.717) is 12.1 Å². The molecule has 1 heterocycles. The maximum Gasteiger partial charge on any atom is 0.289 e. The first kappa shape index (κ1) is 17.2. The van der Waals surface area contributed by atoms with Gasteiger partial charge in [-0.05, 0) is 25.1 Å². The van der Waals surface area contributed by atoms with Crippen molar-refractivity contribution in [2.75, 3.05) is 19.7 Å². The van der Waals surface area contributed by atoms with E-state index < -0.39 is 15.7 Å². The highest BCUT2D eigenvalue weighted by Gasteiger charge is 2.25. The van der Waals surface area contributed by atoms with Gasteiger partial charge in [0.05, 0.1) is 23.5 Å². The van der Waals surface area contributed by atoms with Crippen LogP contribution in [0, 0.1) is 0 Å². The van der Waals surface area contributed by atoms with Crippen LogP contribution in [0.15, 0.2) is 52.0 Å². The molecule has 0 radical (unpaired) electrons. The Morgan fingerprint density at radius 2 is 1.91 bits per heavy atom. The van der Waals surface area contributed by atoms with Gasteiger partial charge in [0.2, 0.25) is 0 Å². The van der Waals surface area contributed by atoms with E-state index in [4.69, 9.17) is 9.52 Å². The van der Waals surface area contributed by atoms with Gasteiger partial charge in [-0.3, -0.25) is 4.79 Å². The van der Waals surface area contributed by atoms with Crippen LogP contribution in [0.25, 0.3) is 0 Å². The molecule has 0 atom stereocenters. The van der Waals surface area contributed by atoms with Crippen molar-refractivity contribution in [2.24, 2.45) is 0 Å². The minimum absolute atomic E-state index is 0.000180. The fraction of sp³-hybridized carbons (Fsp3) is 0.312. The van der Waals surface area contributed by atoms with Crippen LogP contribution in [0.1, 0.15) is 23.0 Å². The molecule has 124 valence electrons. The standard InChI is InChI=1S/C16H19NO5S/c1-2-17(9-10-18)16(19)15-13(8-11-22-15)12-23(20,21)14-6-4-3-5-7-14/h3-8,11,18H,2,9-10,12H2,1H3. The molecule has 2 aromatic rings. The zero-order valence-corrected chi connectivity index (χ0v) is 13.6. The van der Waals surface area contributed by atoms with Crippen LogP contribution in [-0.2, 0) is 15.6 Å². The summed E-state index contributed by atoms with van der Waals surface area (Å²) in [6, 6.07) is 9.55. The second-order valence-electron chi connectivity index (χ2n) is 4.96. The number of aliphatic hydroxyl groups excluding tert-OH is 1. The molecule has 6 nitrogen and oxygen atoms in total. The number of hydrogen-bond acceptors (Lipinski definition) is 5. The van der Waals surface area contributed by atoms with Crippen molar-refractivity contribution in [2.45, 2.75) is 17.6 Å². The van der Waals surface area contributed by atoms with Gasteiger partial charge in [-0.2, -0.15) is 0 Å². The normalized spacial score (nSPS) is 11.4. The Balaban J connectivity index is 2.27. The molecule has 0 spiro atoms. The molecule has 0 aliphatic heterocycles. The Labute approximate surface area is 135 Å². The van der Waals surface area contributed by atoms with Crippen LogP contribution in [0.2, 0.25) is 0 Å². The fourth-order valence-electron chi connectivity index (χ4n) is 2.22. The number of carbonyl (C=O) groups excluding carboxylic acids is 1. The largest absolute Gasteiger partial charge is 0.459 e. The SMILES string of the molecule is CCN(CCO)C(=O)c1occc1CS(=O)(=O)c1ccccc1. The number of amides is 1. The lowest BCUT2D eigenvalue weighted by Gasteiger charge is -2.18. The van der Waals surface area contributed by atoms with E-state index in [9.17, 15) is 13.2 Å². The number of rotatable bonds is 7. The number of carbonyl (C=O) groups is 1. The second-order valence-corrected chi connectivity index (χ2v) is 6.95. The van der Waals surface area contributed by atoms with E-state index in [2.05, 4.69) is 0 Å². The molecule has 0 saturated carbocycles. The minimum atomic E-state index is -3.56. The predicted octanol–water partition coefficient (Wildman–Crippen LogP) is 1.71. The van der Waals surface area contributed by atoms with Crippen LogP contribution < -0.4 is 0 Å². The molecule has 0 saturated heterocycles. The summed E-state index contributed by atoms with van der Waals surface area (Å²) >= 11 is 0. The van der Waals surface area contributed by atoms with E-state index >= 15 is 0 Å². The summed E-state index contributed by atoms with van der Waals surface area (Å²) in [7, 11) is -3.56. The summed E-state index contributed by atoms with van der Waals surface area (Å²) in [5.74, 6) is -0.741. The number of benzene rings is 1. The third kappa shape index (κ3) is 4.00. The van der Waals surface area contributed by atoms with Crippen LogP contribution >= 0.6 is 0 Å². The topological polar surface area (TPSA) is 87.8 Å². The maximum atomic E-state index is 12.4. The molecule has 2 rings (SSSR count). The number of hydrogen-bond donors (Lipinski definition) is 1. The van der Waals surface area contributed by atoms with E-state index in [1.807, 2.05) is 0 Å². The van der Waals surface area contributed by atoms with E-state index in [1.165, 1.54) is 29.4 Å². The molecule has 23 heavy (non-hydrogen) atoms. The maximum absolute atomic E-state index is 12.4. The minimum Gasteiger partial charge on any atom is -0.459 e. The van der Waals surface area contributed by atoms with Gasteiger partial charge in [-0.1, -0.05) is 18.2 Å². The Hall–Kier alpha value is -2.12. The first-order valence-corrected chi connectivity index (χ1v) is 8.89. The molecule has 0 aliphatic rings. The second kappa shape index (κ2) is 7.43. The smallest absolute Gasteiger partial charge is 0.289 e. The zero-order chi connectivity index (χ0) is 16.9. The van der Waals surface area contributed by atoms with Crippen molar-refractivity contribution in [1.82, 2.24) is 4.90 Å². The van der Waals surface area contributed by atoms with Crippen molar-refractivity contribution in [3.63, 3.8) is 0 Å². The number of nitrogens with zero attached hydrogens (tertiary/aromatic N) is 1. The molecule has 1 amide bonds. The molecular weight excluding hydrogens is 318 g/mol. The van der Waals surface area contributed by atoms with Crippen molar-refractivity contribution in [1.29, 1.82) is 0 Å². The summed E-state index contributed by atoms with van der Waals surface area (Å²) in [5, 5.41) is 9.00. The van der Waals surface area contributed by atoms with E-state index in [1.54, 1.807) is 25.1 Å². The predicted molar refractivity (Wildman–Crippen MR) is 84.7 cm³/mol. The van der Waals surface area contributed by atoms with Crippen LogP contribution in [0.5, 0.6) is 0 Å². The Morgan fingerprint density at radius 3 is 2.52 bits per heavy atom. The molecule has 7 heteroatoms. The summed E-state index contributed by atoms with van der Waals surface area (Å²) in [6.07, 6.45) is 1.30. The van der Waals surface area contributed by atoms with Crippen LogP contribution in [0.4, 0.5) is 0 Å². The summed E-state index contributed by atoms with van der Waals surface area (Å²) in [6.45, 7) is 2.17. The monoisotopic (exact) mass is 337 g/mol. The molecule has 0 fully saturated rings. The molecule has 1 aromatic heterocycles. The lowest BCUT2D eigenvalue weighted by Crippen LogP contribution is -2.33. The van der Waals surface area contributed by atoms with E-state index in [-0.39, 0.29) is 29.6 Å². The van der Waals surface area contributed by atoms with Gasteiger partial charge >= 0.3 is 0 Å². The van der Waals surface area contributed by atoms with Gasteiger partial charge in [0.25, 0.3) is 5.91 Å². The first-order valence-electron chi connectivity index (χ1n) is 7.24. The van der Waals surface area contributed by atoms with Crippen molar-refractivity contribution in [3.05, 3.63) is 54.0 Å².